The second-order valence-corrected chi connectivity index (χ2v) is 9.90. The zero-order chi connectivity index (χ0) is 23.9. The van der Waals surface area contributed by atoms with E-state index in [-0.39, 0.29) is 17.1 Å². The monoisotopic (exact) mass is 454 g/mol. The number of morpholine rings is 1. The van der Waals surface area contributed by atoms with Crippen LogP contribution in [0, 0.1) is 12.3 Å². The average molecular weight is 455 g/mol. The van der Waals surface area contributed by atoms with Gasteiger partial charge in [0.05, 0.1) is 13.2 Å². The number of hydrogen-bond donors (Lipinski definition) is 1. The minimum absolute atomic E-state index is 0.141. The van der Waals surface area contributed by atoms with E-state index in [1.54, 1.807) is 0 Å². The van der Waals surface area contributed by atoms with E-state index in [1.165, 1.54) is 0 Å². The molecular weight excluding hydrogens is 424 g/mol. The largest absolute Gasteiger partial charge is 0.378 e. The van der Waals surface area contributed by atoms with Crippen LogP contribution in [0.5, 0.6) is 0 Å². The molecule has 1 fully saturated rings. The smallest absolute Gasteiger partial charge is 0.255 e. The van der Waals surface area contributed by atoms with Crippen molar-refractivity contribution in [3.63, 3.8) is 0 Å². The number of hydrogen-bond acceptors (Lipinski definition) is 4. The number of rotatable bonds is 4. The Kier molecular flexibility index (Phi) is 5.74. The third-order valence-corrected chi connectivity index (χ3v) is 6.89. The van der Waals surface area contributed by atoms with Gasteiger partial charge in [-0.05, 0) is 65.9 Å². The van der Waals surface area contributed by atoms with Crippen molar-refractivity contribution in [3.8, 4) is 11.1 Å². The Morgan fingerprint density at radius 2 is 1.76 bits per heavy atom. The third-order valence-electron chi connectivity index (χ3n) is 6.89. The molecule has 174 valence electrons. The quantitative estimate of drug-likeness (QED) is 0.564. The molecule has 3 aromatic carbocycles. The molecule has 2 aliphatic rings. The topological polar surface area (TPSA) is 58.6 Å². The van der Waals surface area contributed by atoms with Gasteiger partial charge in [0.1, 0.15) is 0 Å². The van der Waals surface area contributed by atoms with Gasteiger partial charge in [0.15, 0.2) is 5.78 Å². The van der Waals surface area contributed by atoms with Crippen LogP contribution in [0.25, 0.3) is 11.1 Å². The molecule has 1 saturated heterocycles. The number of nitrogens with zero attached hydrogens (tertiary/aromatic N) is 1. The van der Waals surface area contributed by atoms with Gasteiger partial charge in [-0.3, -0.25) is 9.59 Å². The van der Waals surface area contributed by atoms with Crippen LogP contribution in [0.1, 0.15) is 45.7 Å². The summed E-state index contributed by atoms with van der Waals surface area (Å²) in [4.78, 5) is 28.0. The van der Waals surface area contributed by atoms with Crippen molar-refractivity contribution in [1.82, 2.24) is 0 Å². The van der Waals surface area contributed by atoms with Crippen LogP contribution in [-0.4, -0.2) is 38.0 Å². The second-order valence-electron chi connectivity index (χ2n) is 9.90. The molecule has 0 aromatic heterocycles. The molecule has 1 heterocycles. The van der Waals surface area contributed by atoms with E-state index in [0.717, 1.165) is 71.9 Å². The Morgan fingerprint density at radius 3 is 2.56 bits per heavy atom. The summed E-state index contributed by atoms with van der Waals surface area (Å²) in [6, 6.07) is 19.8. The van der Waals surface area contributed by atoms with E-state index in [1.807, 2.05) is 69.3 Å². The zero-order valence-electron chi connectivity index (χ0n) is 20.0. The SMILES string of the molecule is Cc1ccc(C(=O)Nc2cccc(N3CCOCC3)c2)cc1-c1ccc2c(c1)CC(C)(C)C2=O. The third kappa shape index (κ3) is 4.24. The van der Waals surface area contributed by atoms with Crippen LogP contribution in [0.15, 0.2) is 60.7 Å². The number of anilines is 2. The van der Waals surface area contributed by atoms with Crippen LogP contribution < -0.4 is 10.2 Å². The fourth-order valence-corrected chi connectivity index (χ4v) is 4.93. The summed E-state index contributed by atoms with van der Waals surface area (Å²) in [6.07, 6.45) is 0.744. The van der Waals surface area contributed by atoms with Gasteiger partial charge in [-0.25, -0.2) is 0 Å². The lowest BCUT2D eigenvalue weighted by Crippen LogP contribution is -2.36. The molecule has 1 N–H and O–H groups in total. The molecule has 1 aliphatic heterocycles. The van der Waals surface area contributed by atoms with Crippen LogP contribution in [0.2, 0.25) is 0 Å². The molecule has 5 nitrogen and oxygen atoms in total. The fraction of sp³-hybridized carbons (Fsp3) is 0.310. The summed E-state index contributed by atoms with van der Waals surface area (Å²) >= 11 is 0. The molecule has 3 aromatic rings. The number of ether oxygens (including phenoxy) is 1. The highest BCUT2D eigenvalue weighted by Gasteiger charge is 2.37. The Labute approximate surface area is 200 Å². The average Bonchev–Trinajstić information content (AvgIpc) is 3.07. The number of benzene rings is 3. The maximum absolute atomic E-state index is 13.1. The molecular formula is C29H30N2O3. The molecule has 0 atom stereocenters. The summed E-state index contributed by atoms with van der Waals surface area (Å²) in [7, 11) is 0. The van der Waals surface area contributed by atoms with Crippen molar-refractivity contribution in [2.45, 2.75) is 27.2 Å². The highest BCUT2D eigenvalue weighted by Crippen LogP contribution is 2.38. The molecule has 0 unspecified atom stereocenters. The number of aryl methyl sites for hydroxylation is 1. The predicted molar refractivity (Wildman–Crippen MR) is 136 cm³/mol. The van der Waals surface area contributed by atoms with E-state index in [9.17, 15) is 9.59 Å². The van der Waals surface area contributed by atoms with Gasteiger partial charge in [0.25, 0.3) is 5.91 Å². The first kappa shape index (κ1) is 22.4. The van der Waals surface area contributed by atoms with Gasteiger partial charge < -0.3 is 15.0 Å². The lowest BCUT2D eigenvalue weighted by Gasteiger charge is -2.29. The highest BCUT2D eigenvalue weighted by atomic mass is 16.5. The van der Waals surface area contributed by atoms with E-state index in [4.69, 9.17) is 4.74 Å². The number of fused-ring (bicyclic) bond motifs is 1. The van der Waals surface area contributed by atoms with E-state index < -0.39 is 0 Å². The van der Waals surface area contributed by atoms with Crippen LogP contribution >= 0.6 is 0 Å². The van der Waals surface area contributed by atoms with Crippen LogP contribution in [0.4, 0.5) is 11.4 Å². The van der Waals surface area contributed by atoms with Gasteiger partial charge in [-0.2, -0.15) is 0 Å². The Bertz CT molecular complexity index is 1270. The standard InChI is InChI=1S/C29H30N2O3/c1-19-7-8-21(16-26(19)20-9-10-25-22(15-20)18-29(2,3)27(25)32)28(33)30-23-5-4-6-24(17-23)31-11-13-34-14-12-31/h4-10,15-17H,11-14,18H2,1-3H3,(H,30,33). The van der Waals surface area contributed by atoms with Crippen LogP contribution in [-0.2, 0) is 11.2 Å². The van der Waals surface area contributed by atoms with E-state index in [2.05, 4.69) is 22.3 Å². The van der Waals surface area contributed by atoms with Crippen molar-refractivity contribution in [1.29, 1.82) is 0 Å². The zero-order valence-corrected chi connectivity index (χ0v) is 20.0. The number of amides is 1. The minimum Gasteiger partial charge on any atom is -0.378 e. The summed E-state index contributed by atoms with van der Waals surface area (Å²) in [5.74, 6) is 0.0658. The van der Waals surface area contributed by atoms with Gasteiger partial charge in [-0.1, -0.05) is 44.2 Å². The summed E-state index contributed by atoms with van der Waals surface area (Å²) < 4.78 is 5.44. The lowest BCUT2D eigenvalue weighted by atomic mass is 9.89. The Balaban J connectivity index is 1.38. The van der Waals surface area contributed by atoms with Gasteiger partial charge in [0.2, 0.25) is 0 Å². The summed E-state index contributed by atoms with van der Waals surface area (Å²) in [5.41, 5.74) is 7.15. The first-order chi connectivity index (χ1) is 16.3. The van der Waals surface area contributed by atoms with E-state index >= 15 is 0 Å². The molecule has 1 aliphatic carbocycles. The number of carbonyl (C=O) groups is 2. The predicted octanol–water partition coefficient (Wildman–Crippen LogP) is 5.52. The maximum Gasteiger partial charge on any atom is 0.255 e. The van der Waals surface area contributed by atoms with Crippen molar-refractivity contribution in [2.24, 2.45) is 5.41 Å². The number of nitrogens with one attached hydrogen (secondary N) is 1. The van der Waals surface area contributed by atoms with Gasteiger partial charge >= 0.3 is 0 Å². The Morgan fingerprint density at radius 1 is 0.971 bits per heavy atom. The molecule has 0 spiro atoms. The summed E-state index contributed by atoms with van der Waals surface area (Å²) in [6.45, 7) is 9.18. The first-order valence-electron chi connectivity index (χ1n) is 11.8. The van der Waals surface area contributed by atoms with Crippen molar-refractivity contribution >= 4 is 23.1 Å². The van der Waals surface area contributed by atoms with Crippen molar-refractivity contribution in [2.75, 3.05) is 36.5 Å². The molecule has 1 amide bonds. The van der Waals surface area contributed by atoms with Crippen molar-refractivity contribution < 1.29 is 14.3 Å². The molecule has 5 rings (SSSR count). The lowest BCUT2D eigenvalue weighted by molar-refractivity contribution is 0.0863. The molecule has 0 saturated carbocycles. The van der Waals surface area contributed by atoms with E-state index in [0.29, 0.717) is 5.56 Å². The molecule has 5 heteroatoms. The normalized spacial score (nSPS) is 16.9. The molecule has 0 radical (unpaired) electrons. The number of carbonyl (C=O) groups excluding carboxylic acids is 2. The van der Waals surface area contributed by atoms with Gasteiger partial charge in [0, 0.05) is 41.0 Å². The number of ketones is 1. The Hall–Kier alpha value is -3.44. The fourth-order valence-electron chi connectivity index (χ4n) is 4.93. The molecule has 34 heavy (non-hydrogen) atoms. The van der Waals surface area contributed by atoms with Gasteiger partial charge in [-0.15, -0.1) is 0 Å². The highest BCUT2D eigenvalue weighted by molar-refractivity contribution is 6.06. The minimum atomic E-state index is -0.354. The first-order valence-corrected chi connectivity index (χ1v) is 11.8. The van der Waals surface area contributed by atoms with Crippen molar-refractivity contribution in [3.05, 3.63) is 82.9 Å². The second kappa shape index (κ2) is 8.73. The number of Topliss-reactive ketones (excluding diaryl/α,β-unsaturated/α-hetero) is 1. The summed E-state index contributed by atoms with van der Waals surface area (Å²) in [5, 5.41) is 3.05. The van der Waals surface area contributed by atoms with Crippen LogP contribution in [0.3, 0.4) is 0 Å². The molecule has 0 bridgehead atoms. The maximum atomic E-state index is 13.1.